The lowest BCUT2D eigenvalue weighted by atomic mass is 10.5. The molecule has 11 nitrogen and oxygen atoms in total. The largest absolute Gasteiger partial charge is 0.382 e. The fourth-order valence-corrected chi connectivity index (χ4v) is 1.69. The van der Waals surface area contributed by atoms with Crippen LogP contribution >= 0.6 is 0 Å². The Morgan fingerprint density at radius 2 is 1.26 bits per heavy atom. The van der Waals surface area contributed by atoms with Gasteiger partial charge in [0.25, 0.3) is 0 Å². The van der Waals surface area contributed by atoms with E-state index in [4.69, 9.17) is 11.5 Å². The number of rotatable bonds is 6. The predicted octanol–water partition coefficient (Wildman–Crippen LogP) is 2.71. The molecule has 0 spiro atoms. The molecule has 2 aromatic rings. The van der Waals surface area contributed by atoms with Gasteiger partial charge in [-0.1, -0.05) is 13.8 Å². The van der Waals surface area contributed by atoms with E-state index in [2.05, 4.69) is 20.6 Å². The molecule has 0 bridgehead atoms. The van der Waals surface area contributed by atoms with Crippen LogP contribution in [0.3, 0.4) is 0 Å². The average Bonchev–Trinajstić information content (AvgIpc) is 3.05. The van der Waals surface area contributed by atoms with Crippen LogP contribution < -0.4 is 17.6 Å². The SMILES string of the molecule is CCCn1ncc(N=O)c1N.CCCn1ncc(N=O)c1N.N. The Kier molecular flexibility index (Phi) is 8.77. The van der Waals surface area contributed by atoms with Crippen molar-refractivity contribution in [2.75, 3.05) is 11.5 Å². The Morgan fingerprint density at radius 1 is 0.913 bits per heavy atom. The van der Waals surface area contributed by atoms with E-state index in [-0.39, 0.29) is 17.5 Å². The third kappa shape index (κ3) is 5.14. The molecular weight excluding hydrogens is 302 g/mol. The fourth-order valence-electron chi connectivity index (χ4n) is 1.69. The van der Waals surface area contributed by atoms with Gasteiger partial charge in [0.2, 0.25) is 0 Å². The highest BCUT2D eigenvalue weighted by atomic mass is 16.3. The van der Waals surface area contributed by atoms with Crippen molar-refractivity contribution in [2.24, 2.45) is 10.4 Å². The number of aryl methyl sites for hydroxylation is 2. The molecule has 2 aromatic heterocycles. The summed E-state index contributed by atoms with van der Waals surface area (Å²) in [5, 5.41) is 13.2. The van der Waals surface area contributed by atoms with Gasteiger partial charge in [-0.2, -0.15) is 10.2 Å². The van der Waals surface area contributed by atoms with Crippen molar-refractivity contribution in [1.29, 1.82) is 0 Å². The van der Waals surface area contributed by atoms with Crippen LogP contribution in [0.25, 0.3) is 0 Å². The maximum absolute atomic E-state index is 10.1. The van der Waals surface area contributed by atoms with Gasteiger partial charge in [-0.3, -0.25) is 0 Å². The minimum absolute atomic E-state index is 0. The van der Waals surface area contributed by atoms with Gasteiger partial charge in [-0.15, -0.1) is 9.81 Å². The van der Waals surface area contributed by atoms with Gasteiger partial charge in [0, 0.05) is 13.1 Å². The first-order chi connectivity index (χ1) is 10.6. The van der Waals surface area contributed by atoms with Gasteiger partial charge in [-0.05, 0) is 23.2 Å². The number of hydrogen-bond acceptors (Lipinski definition) is 9. The normalized spacial score (nSPS) is 9.48. The highest BCUT2D eigenvalue weighted by Gasteiger charge is 2.06. The molecule has 0 saturated carbocycles. The molecule has 0 aliphatic carbocycles. The summed E-state index contributed by atoms with van der Waals surface area (Å²) < 4.78 is 3.13. The zero-order valence-electron chi connectivity index (χ0n) is 13.3. The highest BCUT2D eigenvalue weighted by molar-refractivity contribution is 5.56. The van der Waals surface area contributed by atoms with E-state index in [1.165, 1.54) is 12.4 Å². The Bertz CT molecular complexity index is 566. The molecule has 0 aliphatic heterocycles. The topological polar surface area (TPSA) is 182 Å². The van der Waals surface area contributed by atoms with Crippen molar-refractivity contribution in [3.05, 3.63) is 22.2 Å². The molecular formula is C12H23N9O2. The summed E-state index contributed by atoms with van der Waals surface area (Å²) in [5.74, 6) is 0.698. The zero-order valence-corrected chi connectivity index (χ0v) is 13.3. The summed E-state index contributed by atoms with van der Waals surface area (Å²) in [5.41, 5.74) is 11.5. The molecule has 7 N–H and O–H groups in total. The minimum Gasteiger partial charge on any atom is -0.382 e. The second-order valence-corrected chi connectivity index (χ2v) is 4.46. The van der Waals surface area contributed by atoms with Gasteiger partial charge in [0.1, 0.15) is 0 Å². The van der Waals surface area contributed by atoms with Crippen LogP contribution in [0.4, 0.5) is 23.0 Å². The monoisotopic (exact) mass is 325 g/mol. The van der Waals surface area contributed by atoms with Crippen LogP contribution in [-0.2, 0) is 13.1 Å². The lowest BCUT2D eigenvalue weighted by Crippen LogP contribution is -2.03. The van der Waals surface area contributed by atoms with E-state index in [9.17, 15) is 9.81 Å². The highest BCUT2D eigenvalue weighted by Crippen LogP contribution is 2.20. The summed E-state index contributed by atoms with van der Waals surface area (Å²) in [6.07, 6.45) is 4.62. The first-order valence-electron chi connectivity index (χ1n) is 6.88. The number of hydrogen-bond donors (Lipinski definition) is 3. The summed E-state index contributed by atoms with van der Waals surface area (Å²) in [4.78, 5) is 20.1. The number of aromatic nitrogens is 4. The molecule has 0 aliphatic rings. The molecule has 0 amide bonds. The quantitative estimate of drug-likeness (QED) is 0.682. The standard InChI is InChI=1S/2C6H10N4O.H3N/c2*1-2-3-10-6(7)5(9-11)4-8-10;/h2*4H,2-3,7H2,1H3;1H3. The van der Waals surface area contributed by atoms with Crippen LogP contribution in [-0.4, -0.2) is 19.6 Å². The maximum atomic E-state index is 10.1. The van der Waals surface area contributed by atoms with Crippen molar-refractivity contribution in [2.45, 2.75) is 39.8 Å². The number of anilines is 2. The summed E-state index contributed by atoms with van der Waals surface area (Å²) in [6.45, 7) is 5.47. The van der Waals surface area contributed by atoms with Gasteiger partial charge >= 0.3 is 0 Å². The van der Waals surface area contributed by atoms with Gasteiger partial charge in [0.05, 0.1) is 12.4 Å². The van der Waals surface area contributed by atoms with Gasteiger partial charge in [-0.25, -0.2) is 9.36 Å². The molecule has 0 aromatic carbocycles. The lowest BCUT2D eigenvalue weighted by Gasteiger charge is -1.98. The summed E-state index contributed by atoms with van der Waals surface area (Å²) in [7, 11) is 0. The fraction of sp³-hybridized carbons (Fsp3) is 0.500. The van der Waals surface area contributed by atoms with Crippen molar-refractivity contribution in [1.82, 2.24) is 25.7 Å². The van der Waals surface area contributed by atoms with Gasteiger partial charge in [0.15, 0.2) is 23.0 Å². The third-order valence-corrected chi connectivity index (χ3v) is 2.79. The molecule has 2 rings (SSSR count). The molecule has 0 saturated heterocycles. The van der Waals surface area contributed by atoms with Crippen LogP contribution in [0.1, 0.15) is 26.7 Å². The van der Waals surface area contributed by atoms with Crippen molar-refractivity contribution < 1.29 is 0 Å². The molecule has 11 heteroatoms. The van der Waals surface area contributed by atoms with Crippen molar-refractivity contribution in [3.63, 3.8) is 0 Å². The van der Waals surface area contributed by atoms with Gasteiger partial charge < -0.3 is 17.6 Å². The van der Waals surface area contributed by atoms with Crippen molar-refractivity contribution >= 4 is 23.0 Å². The molecule has 128 valence electrons. The average molecular weight is 325 g/mol. The first kappa shape index (κ1) is 20.2. The van der Waals surface area contributed by atoms with E-state index < -0.39 is 0 Å². The third-order valence-electron chi connectivity index (χ3n) is 2.79. The molecule has 0 atom stereocenters. The number of nitrogens with two attached hydrogens (primary N) is 2. The molecule has 0 fully saturated rings. The van der Waals surface area contributed by atoms with Crippen LogP contribution in [0.15, 0.2) is 22.7 Å². The Hall–Kier alpha value is -2.82. The molecule has 23 heavy (non-hydrogen) atoms. The smallest absolute Gasteiger partial charge is 0.169 e. The van der Waals surface area contributed by atoms with E-state index in [1.807, 2.05) is 13.8 Å². The van der Waals surface area contributed by atoms with E-state index in [1.54, 1.807) is 9.36 Å². The van der Waals surface area contributed by atoms with Crippen molar-refractivity contribution in [3.8, 4) is 0 Å². The molecule has 0 unspecified atom stereocenters. The van der Waals surface area contributed by atoms with Crippen LogP contribution in [0.2, 0.25) is 0 Å². The Morgan fingerprint density at radius 3 is 1.48 bits per heavy atom. The first-order valence-corrected chi connectivity index (χ1v) is 6.88. The van der Waals surface area contributed by atoms with E-state index in [0.29, 0.717) is 11.6 Å². The van der Waals surface area contributed by atoms with E-state index >= 15 is 0 Å². The number of nitrogen functional groups attached to an aromatic ring is 2. The minimum atomic E-state index is 0. The number of nitroso groups, excluding NO2 is 2. The molecule has 0 radical (unpaired) electrons. The van der Waals surface area contributed by atoms with E-state index in [0.717, 1.165) is 25.9 Å². The predicted molar refractivity (Wildman–Crippen MR) is 89.8 cm³/mol. The van der Waals surface area contributed by atoms with Crippen LogP contribution in [0, 0.1) is 9.81 Å². The number of nitrogens with zero attached hydrogens (tertiary/aromatic N) is 6. The maximum Gasteiger partial charge on any atom is 0.169 e. The lowest BCUT2D eigenvalue weighted by molar-refractivity contribution is 0.611. The summed E-state index contributed by atoms with van der Waals surface area (Å²) in [6, 6.07) is 0. The second-order valence-electron chi connectivity index (χ2n) is 4.46. The second kappa shape index (κ2) is 10.00. The zero-order chi connectivity index (χ0) is 16.5. The molecule has 2 heterocycles. The Balaban J connectivity index is 0.000000403. The Labute approximate surface area is 133 Å². The summed E-state index contributed by atoms with van der Waals surface area (Å²) >= 11 is 0. The van der Waals surface area contributed by atoms with Crippen LogP contribution in [0.5, 0.6) is 0 Å².